The molecule has 0 spiro atoms. The number of unbranched alkanes of at least 4 members (excludes halogenated alkanes) is 11. The smallest absolute Gasteiger partial charge is 0.220 e. The Morgan fingerprint density at radius 2 is 1.48 bits per heavy atom. The number of carbonyl (C=O) groups excluding carboxylic acids is 1. The molecule has 5 heteroatoms. The molecule has 1 fully saturated rings. The Kier molecular flexibility index (Phi) is 13.3. The third-order valence-electron chi connectivity index (χ3n) is 5.38. The SMILES string of the molecule is CCCCCCCC/C=C\CCCCCCCC(=O)NC1(/C(N)=N/Cl)CC1. The number of hydrogen-bond donors (Lipinski definition) is 2. The summed E-state index contributed by atoms with van der Waals surface area (Å²) in [6, 6.07) is 0. The molecule has 0 bridgehead atoms. The van der Waals surface area contributed by atoms with Gasteiger partial charge in [-0.05, 0) is 44.9 Å². The Morgan fingerprint density at radius 3 is 2.00 bits per heavy atom. The number of halogens is 1. The fourth-order valence-corrected chi connectivity index (χ4v) is 3.50. The maximum atomic E-state index is 12.0. The minimum absolute atomic E-state index is 0.0633. The molecular weight excluding hydrogens is 358 g/mol. The Balaban J connectivity index is 1.86. The summed E-state index contributed by atoms with van der Waals surface area (Å²) in [5, 5.41) is 2.98. The predicted molar refractivity (Wildman–Crippen MR) is 117 cm³/mol. The Morgan fingerprint density at radius 1 is 0.963 bits per heavy atom. The molecule has 1 aliphatic rings. The van der Waals surface area contributed by atoms with Gasteiger partial charge in [0.2, 0.25) is 5.91 Å². The van der Waals surface area contributed by atoms with Crippen molar-refractivity contribution < 1.29 is 4.79 Å². The average Bonchev–Trinajstić information content (AvgIpc) is 3.44. The number of hydrogen-bond acceptors (Lipinski definition) is 2. The number of amidine groups is 1. The molecule has 4 nitrogen and oxygen atoms in total. The summed E-state index contributed by atoms with van der Waals surface area (Å²) in [5.74, 6) is 0.399. The van der Waals surface area contributed by atoms with Gasteiger partial charge < -0.3 is 11.1 Å². The predicted octanol–water partition coefficient (Wildman–Crippen LogP) is 6.18. The van der Waals surface area contributed by atoms with Crippen LogP contribution in [-0.4, -0.2) is 17.3 Å². The van der Waals surface area contributed by atoms with Gasteiger partial charge in [0.25, 0.3) is 0 Å². The summed E-state index contributed by atoms with van der Waals surface area (Å²) in [6.45, 7) is 2.26. The van der Waals surface area contributed by atoms with Crippen molar-refractivity contribution in [3.8, 4) is 0 Å². The monoisotopic (exact) mass is 397 g/mol. The summed E-state index contributed by atoms with van der Waals surface area (Å²) in [4.78, 5) is 12.0. The van der Waals surface area contributed by atoms with E-state index < -0.39 is 5.54 Å². The molecule has 0 aromatic carbocycles. The molecule has 0 radical (unpaired) electrons. The van der Waals surface area contributed by atoms with Crippen molar-refractivity contribution in [2.24, 2.45) is 10.2 Å². The van der Waals surface area contributed by atoms with E-state index in [9.17, 15) is 4.79 Å². The first-order valence-corrected chi connectivity index (χ1v) is 11.4. The summed E-state index contributed by atoms with van der Waals surface area (Å²) in [5.41, 5.74) is 5.30. The third kappa shape index (κ3) is 11.4. The zero-order valence-corrected chi connectivity index (χ0v) is 18.0. The number of nitrogens with one attached hydrogen (secondary N) is 1. The van der Waals surface area contributed by atoms with Crippen molar-refractivity contribution in [3.63, 3.8) is 0 Å². The van der Waals surface area contributed by atoms with Gasteiger partial charge in [0, 0.05) is 18.2 Å². The van der Waals surface area contributed by atoms with E-state index >= 15 is 0 Å². The largest absolute Gasteiger partial charge is 0.384 e. The minimum atomic E-state index is -0.444. The molecule has 1 saturated carbocycles. The standard InChI is InChI=1S/C22H40ClN3O/c1-2-3-4-5-6-7-8-9-10-11-12-13-14-15-16-17-20(27)25-22(18-19-22)21(24)26-23/h9-10H,2-8,11-19H2,1H3,(H2,24,26)(H,25,27)/b10-9-. The van der Waals surface area contributed by atoms with Crippen molar-refractivity contribution in [1.82, 2.24) is 5.32 Å². The lowest BCUT2D eigenvalue weighted by Gasteiger charge is -2.15. The van der Waals surface area contributed by atoms with Crippen LogP contribution in [0.15, 0.2) is 16.7 Å². The second-order valence-corrected chi connectivity index (χ2v) is 8.10. The number of carbonyl (C=O) groups is 1. The van der Waals surface area contributed by atoms with Gasteiger partial charge >= 0.3 is 0 Å². The molecule has 0 aromatic rings. The molecule has 0 atom stereocenters. The van der Waals surface area contributed by atoms with E-state index in [0.717, 1.165) is 25.7 Å². The highest BCUT2D eigenvalue weighted by atomic mass is 35.5. The van der Waals surface area contributed by atoms with Gasteiger partial charge in [-0.1, -0.05) is 70.4 Å². The molecule has 0 aromatic heterocycles. The van der Waals surface area contributed by atoms with Crippen LogP contribution in [0, 0.1) is 0 Å². The first-order valence-electron chi connectivity index (χ1n) is 11.1. The summed E-state index contributed by atoms with van der Waals surface area (Å²) in [7, 11) is 0. The molecule has 156 valence electrons. The highest BCUT2D eigenvalue weighted by Gasteiger charge is 2.48. The highest BCUT2D eigenvalue weighted by Crippen LogP contribution is 2.35. The maximum Gasteiger partial charge on any atom is 0.220 e. The topological polar surface area (TPSA) is 67.5 Å². The van der Waals surface area contributed by atoms with Crippen LogP contribution in [0.2, 0.25) is 0 Å². The number of nitrogens with two attached hydrogens (primary N) is 1. The Hall–Kier alpha value is -1.03. The highest BCUT2D eigenvalue weighted by molar-refractivity contribution is 6.21. The lowest BCUT2D eigenvalue weighted by Crippen LogP contribution is -2.46. The molecule has 0 aliphatic heterocycles. The van der Waals surface area contributed by atoms with Gasteiger partial charge in [-0.3, -0.25) is 4.79 Å². The zero-order chi connectivity index (χ0) is 19.8. The van der Waals surface area contributed by atoms with Crippen molar-refractivity contribution in [1.29, 1.82) is 0 Å². The Bertz CT molecular complexity index is 458. The van der Waals surface area contributed by atoms with E-state index in [4.69, 9.17) is 17.5 Å². The van der Waals surface area contributed by atoms with Crippen LogP contribution >= 0.6 is 11.8 Å². The quantitative estimate of drug-likeness (QED) is 0.133. The lowest BCUT2D eigenvalue weighted by molar-refractivity contribution is -0.121. The maximum absolute atomic E-state index is 12.0. The molecule has 0 heterocycles. The van der Waals surface area contributed by atoms with Gasteiger partial charge in [-0.25, -0.2) is 0 Å². The van der Waals surface area contributed by atoms with E-state index in [0.29, 0.717) is 12.3 Å². The summed E-state index contributed by atoms with van der Waals surface area (Å²) >= 11 is 5.41. The number of allylic oxidation sites excluding steroid dienone is 2. The fraction of sp³-hybridized carbons (Fsp3) is 0.818. The van der Waals surface area contributed by atoms with Crippen molar-refractivity contribution in [2.45, 2.75) is 115 Å². The molecule has 27 heavy (non-hydrogen) atoms. The number of rotatable bonds is 17. The molecule has 1 amide bonds. The van der Waals surface area contributed by atoms with Gasteiger partial charge in [-0.2, -0.15) is 4.51 Å². The average molecular weight is 398 g/mol. The summed E-state index contributed by atoms with van der Waals surface area (Å²) in [6.07, 6.45) is 23.4. The van der Waals surface area contributed by atoms with Crippen LogP contribution in [-0.2, 0) is 4.79 Å². The van der Waals surface area contributed by atoms with Crippen molar-refractivity contribution >= 4 is 23.5 Å². The Labute approximate surface area is 171 Å². The number of nitrogens with zero attached hydrogens (tertiary/aromatic N) is 1. The molecule has 3 N–H and O–H groups in total. The van der Waals surface area contributed by atoms with Crippen LogP contribution in [0.4, 0.5) is 0 Å². The molecule has 1 aliphatic carbocycles. The minimum Gasteiger partial charge on any atom is -0.384 e. The van der Waals surface area contributed by atoms with E-state index in [1.165, 1.54) is 70.6 Å². The molecule has 1 rings (SSSR count). The van der Waals surface area contributed by atoms with Crippen LogP contribution in [0.5, 0.6) is 0 Å². The van der Waals surface area contributed by atoms with E-state index in [1.54, 1.807) is 0 Å². The number of amides is 1. The summed E-state index contributed by atoms with van der Waals surface area (Å²) < 4.78 is 3.50. The third-order valence-corrected chi connectivity index (χ3v) is 5.56. The second-order valence-electron chi connectivity index (χ2n) is 7.93. The van der Waals surface area contributed by atoms with Crippen LogP contribution in [0.3, 0.4) is 0 Å². The van der Waals surface area contributed by atoms with Gasteiger partial charge in [-0.15, -0.1) is 0 Å². The normalized spacial score (nSPS) is 16.0. The van der Waals surface area contributed by atoms with Gasteiger partial charge in [0.05, 0.1) is 5.54 Å². The molecular formula is C22H40ClN3O. The first kappa shape index (κ1) is 24.0. The van der Waals surface area contributed by atoms with Gasteiger partial charge in [0.1, 0.15) is 5.84 Å². The van der Waals surface area contributed by atoms with Crippen LogP contribution < -0.4 is 11.1 Å². The zero-order valence-electron chi connectivity index (χ0n) is 17.3. The van der Waals surface area contributed by atoms with Crippen molar-refractivity contribution in [2.75, 3.05) is 0 Å². The second kappa shape index (κ2) is 15.0. The molecule has 0 saturated heterocycles. The van der Waals surface area contributed by atoms with E-state index in [1.807, 2.05) is 0 Å². The van der Waals surface area contributed by atoms with Crippen LogP contribution in [0.1, 0.15) is 110 Å². The van der Waals surface area contributed by atoms with Gasteiger partial charge in [0.15, 0.2) is 0 Å². The van der Waals surface area contributed by atoms with E-state index in [-0.39, 0.29) is 5.91 Å². The van der Waals surface area contributed by atoms with Crippen LogP contribution in [0.25, 0.3) is 0 Å². The van der Waals surface area contributed by atoms with E-state index in [2.05, 4.69) is 28.9 Å². The molecule has 0 unspecified atom stereocenters. The van der Waals surface area contributed by atoms with Crippen molar-refractivity contribution in [3.05, 3.63) is 12.2 Å². The first-order chi connectivity index (χ1) is 13.1. The lowest BCUT2D eigenvalue weighted by atomic mass is 10.1. The fourth-order valence-electron chi connectivity index (χ4n) is 3.34.